The summed E-state index contributed by atoms with van der Waals surface area (Å²) in [6.07, 6.45) is 0.588. The number of carbonyl (C=O) groups is 3. The van der Waals surface area contributed by atoms with E-state index in [1.165, 1.54) is 11.8 Å². The highest BCUT2D eigenvalue weighted by atomic mass is 35.5. The van der Waals surface area contributed by atoms with Crippen molar-refractivity contribution in [1.29, 1.82) is 0 Å². The number of benzene rings is 4. The van der Waals surface area contributed by atoms with Gasteiger partial charge in [0.05, 0.1) is 47.8 Å². The van der Waals surface area contributed by atoms with Crippen LogP contribution in [0.15, 0.2) is 87.5 Å². The van der Waals surface area contributed by atoms with Crippen LogP contribution in [0.25, 0.3) is 0 Å². The Morgan fingerprint density at radius 1 is 0.810 bits per heavy atom. The zero-order valence-corrected chi connectivity index (χ0v) is 26.3. The van der Waals surface area contributed by atoms with Crippen LogP contribution in [0.2, 0.25) is 20.1 Å². The molecule has 4 aromatic carbocycles. The number of carboxylic acids is 1. The summed E-state index contributed by atoms with van der Waals surface area (Å²) < 4.78 is 0. The summed E-state index contributed by atoms with van der Waals surface area (Å²) in [5.74, 6) is -2.34. The van der Waals surface area contributed by atoms with Gasteiger partial charge in [-0.25, -0.2) is 4.79 Å². The molecule has 1 aliphatic rings. The molecule has 0 saturated carbocycles. The number of carboxylic acid groups (broad SMARTS) is 1. The number of para-hydroxylation sites is 2. The van der Waals surface area contributed by atoms with Gasteiger partial charge in [-0.15, -0.1) is 11.8 Å². The van der Waals surface area contributed by atoms with Crippen LogP contribution < -0.4 is 10.2 Å². The minimum absolute atomic E-state index is 0.0348. The summed E-state index contributed by atoms with van der Waals surface area (Å²) in [7, 11) is 0. The van der Waals surface area contributed by atoms with Gasteiger partial charge >= 0.3 is 5.97 Å². The molecule has 214 valence electrons. The van der Waals surface area contributed by atoms with E-state index in [0.29, 0.717) is 12.1 Å². The van der Waals surface area contributed by atoms with Crippen molar-refractivity contribution >= 4 is 105 Å². The quantitative estimate of drug-likeness (QED) is 0.115. The maximum Gasteiger partial charge on any atom is 0.338 e. The largest absolute Gasteiger partial charge is 0.478 e. The Labute approximate surface area is 270 Å². The highest BCUT2D eigenvalue weighted by Gasteiger charge is 2.33. The van der Waals surface area contributed by atoms with Crippen molar-refractivity contribution in [2.45, 2.75) is 33.3 Å². The van der Waals surface area contributed by atoms with Crippen LogP contribution in [0.3, 0.4) is 0 Å². The number of nitrogens with one attached hydrogen (secondary N) is 1. The summed E-state index contributed by atoms with van der Waals surface area (Å²) in [5, 5.41) is 10.7. The Morgan fingerprint density at radius 2 is 1.33 bits per heavy atom. The lowest BCUT2D eigenvalue weighted by molar-refractivity contribution is -0.117. The minimum atomic E-state index is -1.48. The fourth-order valence-electron chi connectivity index (χ4n) is 4.41. The van der Waals surface area contributed by atoms with Gasteiger partial charge in [0.25, 0.3) is 5.91 Å². The lowest BCUT2D eigenvalue weighted by Gasteiger charge is -2.33. The summed E-state index contributed by atoms with van der Waals surface area (Å²) in [6.45, 7) is 1.97. The summed E-state index contributed by atoms with van der Waals surface area (Å²) in [6, 6.07) is 22.5. The van der Waals surface area contributed by atoms with E-state index in [0.717, 1.165) is 26.1 Å². The Hall–Kier alpha value is -2.85. The van der Waals surface area contributed by atoms with E-state index in [1.54, 1.807) is 40.9 Å². The first-order chi connectivity index (χ1) is 20.1. The fraction of sp³-hybridized carbons (Fsp3) is 0.100. The second-order valence-corrected chi connectivity index (χ2v) is 12.9. The number of hydrogen-bond acceptors (Lipinski definition) is 5. The van der Waals surface area contributed by atoms with E-state index in [2.05, 4.69) is 5.32 Å². The average Bonchev–Trinajstić information content (AvgIpc) is 2.99. The van der Waals surface area contributed by atoms with Crippen LogP contribution in [0.4, 0.5) is 17.1 Å². The number of halogens is 4. The van der Waals surface area contributed by atoms with Crippen molar-refractivity contribution in [3.8, 4) is 0 Å². The van der Waals surface area contributed by atoms with Gasteiger partial charge in [0.1, 0.15) is 0 Å². The van der Waals surface area contributed by atoms with Crippen LogP contribution in [-0.4, -0.2) is 28.1 Å². The van der Waals surface area contributed by atoms with Gasteiger partial charge in [-0.1, -0.05) is 89.4 Å². The van der Waals surface area contributed by atoms with Gasteiger partial charge in [-0.2, -0.15) is 0 Å². The molecule has 0 saturated heterocycles. The Morgan fingerprint density at radius 3 is 1.86 bits per heavy atom. The third-order valence-corrected chi connectivity index (χ3v) is 10.7. The number of thioether (sulfide) groups is 1. The van der Waals surface area contributed by atoms with Crippen LogP contribution in [-0.2, 0) is 4.79 Å². The summed E-state index contributed by atoms with van der Waals surface area (Å²) in [4.78, 5) is 43.5. The third-order valence-electron chi connectivity index (χ3n) is 6.40. The predicted molar refractivity (Wildman–Crippen MR) is 172 cm³/mol. The Kier molecular flexibility index (Phi) is 9.32. The van der Waals surface area contributed by atoms with Gasteiger partial charge in [0, 0.05) is 20.4 Å². The van der Waals surface area contributed by atoms with Gasteiger partial charge in [-0.05, 0) is 55.0 Å². The molecule has 0 aliphatic carbocycles. The Bertz CT molecular complexity index is 1690. The first-order valence-electron chi connectivity index (χ1n) is 12.5. The number of rotatable bonds is 7. The van der Waals surface area contributed by atoms with Crippen molar-refractivity contribution in [2.24, 2.45) is 0 Å². The van der Waals surface area contributed by atoms with E-state index in [4.69, 9.17) is 46.4 Å². The fourth-order valence-corrected chi connectivity index (χ4v) is 7.49. The predicted octanol–water partition coefficient (Wildman–Crippen LogP) is 9.95. The molecule has 0 fully saturated rings. The number of hydrogen-bond donors (Lipinski definition) is 2. The Balaban J connectivity index is 1.36. The highest BCUT2D eigenvalue weighted by molar-refractivity contribution is 8.00. The second kappa shape index (κ2) is 12.8. The first-order valence-corrected chi connectivity index (χ1v) is 15.7. The molecule has 2 amide bonds. The molecule has 0 radical (unpaired) electrons. The lowest BCUT2D eigenvalue weighted by atomic mass is 10.1. The molecule has 5 rings (SSSR count). The van der Waals surface area contributed by atoms with E-state index >= 15 is 0 Å². The summed E-state index contributed by atoms with van der Waals surface area (Å²) in [5.41, 5.74) is 1.12. The van der Waals surface area contributed by atoms with E-state index in [-0.39, 0.29) is 31.2 Å². The molecule has 0 bridgehead atoms. The number of aromatic carboxylic acids is 1. The van der Waals surface area contributed by atoms with Crippen LogP contribution >= 0.6 is 69.9 Å². The van der Waals surface area contributed by atoms with E-state index in [1.807, 2.05) is 55.5 Å². The standard InChI is InChI=1S/C30H20Cl4N2O4S2/c1-2-19(29(38)36-17-7-3-5-9-20(17)42-21-10-6-4-8-18(21)36)41-16-13-11-15(12-14-16)35-28(37)22-23(30(39)40)25(32)27(34)26(33)24(22)31/h3-14,19H,2H2,1H3,(H,35,37)(H,39,40). The van der Waals surface area contributed by atoms with Crippen LogP contribution in [0, 0.1) is 0 Å². The van der Waals surface area contributed by atoms with Gasteiger partial charge in [0.15, 0.2) is 0 Å². The maximum atomic E-state index is 14.0. The molecule has 0 spiro atoms. The molecule has 6 nitrogen and oxygen atoms in total. The molecule has 12 heteroatoms. The molecule has 4 aromatic rings. The number of fused-ring (bicyclic) bond motifs is 2. The van der Waals surface area contributed by atoms with E-state index < -0.39 is 23.0 Å². The molecular formula is C30H20Cl4N2O4S2. The summed E-state index contributed by atoms with van der Waals surface area (Å²) >= 11 is 27.4. The van der Waals surface area contributed by atoms with E-state index in [9.17, 15) is 19.5 Å². The smallest absolute Gasteiger partial charge is 0.338 e. The lowest BCUT2D eigenvalue weighted by Crippen LogP contribution is -2.35. The minimum Gasteiger partial charge on any atom is -0.478 e. The first kappa shape index (κ1) is 30.6. The number of anilines is 3. The molecule has 1 aliphatic heterocycles. The van der Waals surface area contributed by atoms with Gasteiger partial charge in [-0.3, -0.25) is 14.5 Å². The third kappa shape index (κ3) is 5.84. The van der Waals surface area contributed by atoms with Crippen molar-refractivity contribution in [3.05, 3.63) is 104 Å². The van der Waals surface area contributed by atoms with Gasteiger partial charge < -0.3 is 10.4 Å². The second-order valence-electron chi connectivity index (χ2n) is 9.02. The number of carbonyl (C=O) groups excluding carboxylic acids is 2. The van der Waals surface area contributed by atoms with Crippen molar-refractivity contribution in [3.63, 3.8) is 0 Å². The molecule has 1 unspecified atom stereocenters. The van der Waals surface area contributed by atoms with Crippen molar-refractivity contribution in [2.75, 3.05) is 10.2 Å². The molecule has 1 heterocycles. The van der Waals surface area contributed by atoms with Crippen molar-refractivity contribution < 1.29 is 19.5 Å². The topological polar surface area (TPSA) is 86.7 Å². The SMILES string of the molecule is CCC(Sc1ccc(NC(=O)c2c(Cl)c(Cl)c(Cl)c(Cl)c2C(=O)O)cc1)C(=O)N1c2ccccc2Sc2ccccc21. The zero-order chi connectivity index (χ0) is 30.1. The van der Waals surface area contributed by atoms with Crippen LogP contribution in [0.5, 0.6) is 0 Å². The molecule has 42 heavy (non-hydrogen) atoms. The normalized spacial score (nSPS) is 12.7. The monoisotopic (exact) mass is 676 g/mol. The molecular weight excluding hydrogens is 658 g/mol. The zero-order valence-electron chi connectivity index (χ0n) is 21.7. The number of amides is 2. The maximum absolute atomic E-state index is 14.0. The molecule has 0 aromatic heterocycles. The molecule has 1 atom stereocenters. The number of nitrogens with zero attached hydrogens (tertiary/aromatic N) is 1. The average molecular weight is 678 g/mol. The van der Waals surface area contributed by atoms with Crippen molar-refractivity contribution in [1.82, 2.24) is 0 Å². The van der Waals surface area contributed by atoms with Crippen LogP contribution in [0.1, 0.15) is 34.1 Å². The highest BCUT2D eigenvalue weighted by Crippen LogP contribution is 2.49. The van der Waals surface area contributed by atoms with Gasteiger partial charge in [0.2, 0.25) is 5.91 Å². The molecule has 2 N–H and O–H groups in total.